The summed E-state index contributed by atoms with van der Waals surface area (Å²) < 4.78 is 0. The van der Waals surface area contributed by atoms with Gasteiger partial charge in [0.25, 0.3) is 0 Å². The number of amides is 1. The number of nitrogens with one attached hydrogen (secondary N) is 2. The molecule has 0 radical (unpaired) electrons. The fourth-order valence-electron chi connectivity index (χ4n) is 2.11. The van der Waals surface area contributed by atoms with Crippen molar-refractivity contribution in [2.24, 2.45) is 0 Å². The van der Waals surface area contributed by atoms with Gasteiger partial charge in [-0.2, -0.15) is 0 Å². The van der Waals surface area contributed by atoms with Crippen molar-refractivity contribution in [2.75, 3.05) is 18.8 Å². The van der Waals surface area contributed by atoms with E-state index >= 15 is 0 Å². The molecule has 1 aromatic heterocycles. The second-order valence-corrected chi connectivity index (χ2v) is 5.76. The lowest BCUT2D eigenvalue weighted by Gasteiger charge is -2.11. The molecule has 5 nitrogen and oxygen atoms in total. The summed E-state index contributed by atoms with van der Waals surface area (Å²) in [5.74, 6) is 0.414. The van der Waals surface area contributed by atoms with Gasteiger partial charge in [-0.3, -0.25) is 4.79 Å². The number of hydrogen-bond donors (Lipinski definition) is 2. The van der Waals surface area contributed by atoms with Crippen LogP contribution in [0.1, 0.15) is 24.2 Å². The predicted octanol–water partition coefficient (Wildman–Crippen LogP) is 1.05. The van der Waals surface area contributed by atoms with Crippen molar-refractivity contribution < 1.29 is 4.79 Å². The smallest absolute Gasteiger partial charge is 0.230 e. The first kappa shape index (κ1) is 14.3. The molecule has 19 heavy (non-hydrogen) atoms. The van der Waals surface area contributed by atoms with Crippen molar-refractivity contribution in [2.45, 2.75) is 37.9 Å². The van der Waals surface area contributed by atoms with E-state index in [1.165, 1.54) is 18.2 Å². The Morgan fingerprint density at radius 1 is 1.47 bits per heavy atom. The van der Waals surface area contributed by atoms with Crippen molar-refractivity contribution in [3.05, 3.63) is 17.5 Å². The Bertz CT molecular complexity index is 426. The van der Waals surface area contributed by atoms with Crippen LogP contribution in [0.5, 0.6) is 0 Å². The highest BCUT2D eigenvalue weighted by molar-refractivity contribution is 7.99. The molecule has 1 unspecified atom stereocenters. The molecule has 1 aliphatic rings. The van der Waals surface area contributed by atoms with Crippen molar-refractivity contribution >= 4 is 17.7 Å². The molecular formula is C13H20N4OS. The van der Waals surface area contributed by atoms with E-state index in [9.17, 15) is 4.79 Å². The summed E-state index contributed by atoms with van der Waals surface area (Å²) in [4.78, 5) is 20.3. The summed E-state index contributed by atoms with van der Waals surface area (Å²) in [5.41, 5.74) is 1.87. The molecule has 2 N–H and O–H groups in total. The minimum absolute atomic E-state index is 0.0430. The third-order valence-electron chi connectivity index (χ3n) is 3.00. The van der Waals surface area contributed by atoms with E-state index in [0.717, 1.165) is 24.4 Å². The lowest BCUT2D eigenvalue weighted by molar-refractivity contribution is -0.118. The number of carbonyl (C=O) groups excluding carboxylic acids is 1. The highest BCUT2D eigenvalue weighted by Gasteiger charge is 2.14. The monoisotopic (exact) mass is 280 g/mol. The third kappa shape index (κ3) is 4.80. The fourth-order valence-corrected chi connectivity index (χ4v) is 2.89. The van der Waals surface area contributed by atoms with Crippen LogP contribution in [-0.2, 0) is 4.79 Å². The Morgan fingerprint density at radius 3 is 2.84 bits per heavy atom. The average Bonchev–Trinajstić information content (AvgIpc) is 2.86. The number of nitrogens with zero attached hydrogens (tertiary/aromatic N) is 2. The van der Waals surface area contributed by atoms with Gasteiger partial charge >= 0.3 is 0 Å². The molecule has 0 spiro atoms. The molecule has 104 valence electrons. The average molecular weight is 280 g/mol. The molecule has 0 saturated carbocycles. The van der Waals surface area contributed by atoms with Gasteiger partial charge in [0.2, 0.25) is 5.91 Å². The first-order valence-electron chi connectivity index (χ1n) is 6.58. The lowest BCUT2D eigenvalue weighted by Crippen LogP contribution is -2.37. The quantitative estimate of drug-likeness (QED) is 0.623. The maximum atomic E-state index is 11.7. The van der Waals surface area contributed by atoms with Gasteiger partial charge in [0.15, 0.2) is 5.16 Å². The van der Waals surface area contributed by atoms with Gasteiger partial charge in [0.1, 0.15) is 0 Å². The van der Waals surface area contributed by atoms with Crippen LogP contribution in [0.4, 0.5) is 0 Å². The normalized spacial score (nSPS) is 18.5. The number of hydrogen-bond acceptors (Lipinski definition) is 5. The summed E-state index contributed by atoms with van der Waals surface area (Å²) in [6.45, 7) is 5.65. The Hall–Kier alpha value is -1.14. The molecule has 1 atom stereocenters. The first-order valence-corrected chi connectivity index (χ1v) is 7.57. The predicted molar refractivity (Wildman–Crippen MR) is 76.3 cm³/mol. The molecule has 1 fully saturated rings. The second kappa shape index (κ2) is 6.86. The van der Waals surface area contributed by atoms with Gasteiger partial charge in [0.05, 0.1) is 5.75 Å². The lowest BCUT2D eigenvalue weighted by atomic mass is 10.2. The van der Waals surface area contributed by atoms with Gasteiger partial charge in [-0.05, 0) is 39.3 Å². The van der Waals surface area contributed by atoms with Crippen LogP contribution in [0.15, 0.2) is 11.2 Å². The molecule has 2 rings (SSSR count). The number of thioether (sulfide) groups is 1. The molecule has 6 heteroatoms. The zero-order valence-electron chi connectivity index (χ0n) is 11.4. The minimum atomic E-state index is 0.0430. The summed E-state index contributed by atoms with van der Waals surface area (Å²) in [7, 11) is 0. The van der Waals surface area contributed by atoms with E-state index in [2.05, 4.69) is 20.6 Å². The Labute approximate surface area is 118 Å². The van der Waals surface area contributed by atoms with Crippen molar-refractivity contribution in [3.8, 4) is 0 Å². The highest BCUT2D eigenvalue weighted by Crippen LogP contribution is 2.13. The van der Waals surface area contributed by atoms with Crippen LogP contribution in [0.25, 0.3) is 0 Å². The van der Waals surface area contributed by atoms with E-state index in [4.69, 9.17) is 0 Å². The standard InChI is InChI=1S/C13H20N4OS/c1-9-6-10(2)17-13(16-9)19-8-12(18)15-7-11-4-3-5-14-11/h6,11,14H,3-5,7-8H2,1-2H3,(H,15,18). The maximum absolute atomic E-state index is 11.7. The molecule has 1 saturated heterocycles. The zero-order valence-corrected chi connectivity index (χ0v) is 12.2. The van der Waals surface area contributed by atoms with E-state index in [1.807, 2.05) is 19.9 Å². The molecule has 1 amide bonds. The number of aromatic nitrogens is 2. The Morgan fingerprint density at radius 2 is 2.21 bits per heavy atom. The van der Waals surface area contributed by atoms with Gasteiger partial charge < -0.3 is 10.6 Å². The topological polar surface area (TPSA) is 66.9 Å². The molecule has 0 aromatic carbocycles. The molecule has 0 aliphatic carbocycles. The number of carbonyl (C=O) groups is 1. The molecule has 0 bridgehead atoms. The fraction of sp³-hybridized carbons (Fsp3) is 0.615. The number of rotatable bonds is 5. The van der Waals surface area contributed by atoms with Gasteiger partial charge in [0, 0.05) is 24.0 Å². The third-order valence-corrected chi connectivity index (χ3v) is 3.85. The van der Waals surface area contributed by atoms with E-state index < -0.39 is 0 Å². The minimum Gasteiger partial charge on any atom is -0.354 e. The SMILES string of the molecule is Cc1cc(C)nc(SCC(=O)NCC2CCCN2)n1. The van der Waals surface area contributed by atoms with Crippen LogP contribution in [-0.4, -0.2) is 40.8 Å². The van der Waals surface area contributed by atoms with Crippen LogP contribution >= 0.6 is 11.8 Å². The van der Waals surface area contributed by atoms with Gasteiger partial charge in [-0.25, -0.2) is 9.97 Å². The Kier molecular flexibility index (Phi) is 5.15. The molecular weight excluding hydrogens is 260 g/mol. The Balaban J connectivity index is 1.73. The van der Waals surface area contributed by atoms with Gasteiger partial charge in [-0.15, -0.1) is 0 Å². The summed E-state index contributed by atoms with van der Waals surface area (Å²) in [5, 5.41) is 6.97. The zero-order chi connectivity index (χ0) is 13.7. The summed E-state index contributed by atoms with van der Waals surface area (Å²) >= 11 is 1.38. The van der Waals surface area contributed by atoms with Crippen LogP contribution in [0, 0.1) is 13.8 Å². The summed E-state index contributed by atoms with van der Waals surface area (Å²) in [6, 6.07) is 2.36. The summed E-state index contributed by atoms with van der Waals surface area (Å²) in [6.07, 6.45) is 2.35. The van der Waals surface area contributed by atoms with Crippen molar-refractivity contribution in [1.82, 2.24) is 20.6 Å². The van der Waals surface area contributed by atoms with Crippen molar-refractivity contribution in [1.29, 1.82) is 0 Å². The second-order valence-electron chi connectivity index (χ2n) is 4.82. The molecule has 2 heterocycles. The van der Waals surface area contributed by atoms with Crippen molar-refractivity contribution in [3.63, 3.8) is 0 Å². The van der Waals surface area contributed by atoms with E-state index in [1.54, 1.807) is 0 Å². The number of aryl methyl sites for hydroxylation is 2. The van der Waals surface area contributed by atoms with Crippen LogP contribution in [0.2, 0.25) is 0 Å². The maximum Gasteiger partial charge on any atom is 0.230 e. The van der Waals surface area contributed by atoms with Crippen LogP contribution in [0.3, 0.4) is 0 Å². The highest BCUT2D eigenvalue weighted by atomic mass is 32.2. The first-order chi connectivity index (χ1) is 9.13. The van der Waals surface area contributed by atoms with Crippen LogP contribution < -0.4 is 10.6 Å². The molecule has 1 aromatic rings. The van der Waals surface area contributed by atoms with E-state index in [0.29, 0.717) is 23.5 Å². The van der Waals surface area contributed by atoms with E-state index in [-0.39, 0.29) is 5.91 Å². The molecule has 1 aliphatic heterocycles. The van der Waals surface area contributed by atoms with Gasteiger partial charge in [-0.1, -0.05) is 11.8 Å². The largest absolute Gasteiger partial charge is 0.354 e.